The number of piperidine rings is 1. The lowest BCUT2D eigenvalue weighted by Crippen LogP contribution is -2.51. The monoisotopic (exact) mass is 277 g/mol. The van der Waals surface area contributed by atoms with Crippen molar-refractivity contribution in [2.45, 2.75) is 45.6 Å². The van der Waals surface area contributed by atoms with Crippen molar-refractivity contribution < 1.29 is 9.90 Å². The largest absolute Gasteiger partial charge is 0.465 e. The maximum Gasteiger partial charge on any atom is 0.407 e. The number of rotatable bonds is 1. The summed E-state index contributed by atoms with van der Waals surface area (Å²) >= 11 is 0. The zero-order valence-corrected chi connectivity index (χ0v) is 12.3. The number of hydrogen-bond donors (Lipinski definition) is 2. The molecule has 1 aliphatic heterocycles. The van der Waals surface area contributed by atoms with Crippen LogP contribution in [-0.2, 0) is 0 Å². The third kappa shape index (κ3) is 3.03. The number of anilines is 1. The lowest BCUT2D eigenvalue weighted by molar-refractivity contribution is 0.0521. The van der Waals surface area contributed by atoms with Crippen molar-refractivity contribution in [3.05, 3.63) is 24.0 Å². The molecule has 0 aromatic carbocycles. The van der Waals surface area contributed by atoms with Gasteiger partial charge in [-0.3, -0.25) is 4.98 Å². The number of pyridine rings is 1. The maximum atomic E-state index is 11.4. The van der Waals surface area contributed by atoms with Crippen LogP contribution < -0.4 is 5.73 Å². The van der Waals surface area contributed by atoms with E-state index in [0.29, 0.717) is 18.2 Å². The van der Waals surface area contributed by atoms with E-state index in [1.807, 2.05) is 12.1 Å². The predicted molar refractivity (Wildman–Crippen MR) is 78.6 cm³/mol. The number of amides is 1. The van der Waals surface area contributed by atoms with Gasteiger partial charge >= 0.3 is 6.09 Å². The van der Waals surface area contributed by atoms with Gasteiger partial charge in [-0.25, -0.2) is 4.79 Å². The third-order valence-electron chi connectivity index (χ3n) is 4.08. The fraction of sp³-hybridized carbons (Fsp3) is 0.600. The van der Waals surface area contributed by atoms with E-state index < -0.39 is 6.09 Å². The van der Waals surface area contributed by atoms with Gasteiger partial charge in [-0.15, -0.1) is 0 Å². The molecule has 5 heteroatoms. The van der Waals surface area contributed by atoms with Gasteiger partial charge in [-0.1, -0.05) is 20.8 Å². The first-order valence-electron chi connectivity index (χ1n) is 7.00. The maximum absolute atomic E-state index is 11.4. The van der Waals surface area contributed by atoms with Crippen LogP contribution in [0.1, 0.15) is 45.2 Å². The van der Waals surface area contributed by atoms with Crippen LogP contribution in [0.3, 0.4) is 0 Å². The van der Waals surface area contributed by atoms with Gasteiger partial charge in [0.1, 0.15) is 0 Å². The molecule has 2 rings (SSSR count). The Morgan fingerprint density at radius 3 is 2.65 bits per heavy atom. The van der Waals surface area contributed by atoms with E-state index >= 15 is 0 Å². The van der Waals surface area contributed by atoms with Crippen molar-refractivity contribution in [3.8, 4) is 0 Å². The summed E-state index contributed by atoms with van der Waals surface area (Å²) < 4.78 is 0. The summed E-state index contributed by atoms with van der Waals surface area (Å²) in [6.07, 6.45) is 2.47. The number of carboxylic acid groups (broad SMARTS) is 1. The topological polar surface area (TPSA) is 79.5 Å². The molecule has 2 heterocycles. The van der Waals surface area contributed by atoms with Crippen LogP contribution in [0.2, 0.25) is 0 Å². The van der Waals surface area contributed by atoms with Gasteiger partial charge in [0.2, 0.25) is 0 Å². The van der Waals surface area contributed by atoms with Crippen molar-refractivity contribution in [1.82, 2.24) is 9.88 Å². The SMILES string of the molecule is CC(C)(C)C1CC(c2ccc(N)cn2)CCN1C(=O)O. The second kappa shape index (κ2) is 5.31. The van der Waals surface area contributed by atoms with Crippen LogP contribution in [0.5, 0.6) is 0 Å². The number of nitrogens with zero attached hydrogens (tertiary/aromatic N) is 2. The first-order chi connectivity index (χ1) is 9.29. The number of likely N-dealkylation sites (tertiary alicyclic amines) is 1. The van der Waals surface area contributed by atoms with Crippen LogP contribution in [-0.4, -0.2) is 33.7 Å². The van der Waals surface area contributed by atoms with Crippen LogP contribution in [0.15, 0.2) is 18.3 Å². The molecule has 0 spiro atoms. The van der Waals surface area contributed by atoms with Gasteiger partial charge < -0.3 is 15.7 Å². The van der Waals surface area contributed by atoms with E-state index in [1.54, 1.807) is 11.1 Å². The van der Waals surface area contributed by atoms with Crippen LogP contribution in [0.4, 0.5) is 10.5 Å². The van der Waals surface area contributed by atoms with Gasteiger partial charge in [-0.2, -0.15) is 0 Å². The highest BCUT2D eigenvalue weighted by Gasteiger charge is 2.39. The highest BCUT2D eigenvalue weighted by Crippen LogP contribution is 2.38. The quantitative estimate of drug-likeness (QED) is 0.827. The number of nitrogen functional groups attached to an aromatic ring is 1. The van der Waals surface area contributed by atoms with E-state index in [2.05, 4.69) is 25.8 Å². The van der Waals surface area contributed by atoms with Crippen LogP contribution in [0.25, 0.3) is 0 Å². The summed E-state index contributed by atoms with van der Waals surface area (Å²) in [5, 5.41) is 9.36. The Kier molecular flexibility index (Phi) is 3.88. The molecule has 1 saturated heterocycles. The summed E-state index contributed by atoms with van der Waals surface area (Å²) in [7, 11) is 0. The number of nitrogens with two attached hydrogens (primary N) is 1. The normalized spacial score (nSPS) is 23.6. The molecule has 2 atom stereocenters. The summed E-state index contributed by atoms with van der Waals surface area (Å²) in [4.78, 5) is 17.4. The third-order valence-corrected chi connectivity index (χ3v) is 4.08. The Bertz CT molecular complexity index is 479. The van der Waals surface area contributed by atoms with Gasteiger partial charge in [0, 0.05) is 24.2 Å². The lowest BCUT2D eigenvalue weighted by Gasteiger charge is -2.44. The number of aromatic nitrogens is 1. The van der Waals surface area contributed by atoms with Crippen molar-refractivity contribution in [2.24, 2.45) is 5.41 Å². The Balaban J connectivity index is 2.20. The van der Waals surface area contributed by atoms with Crippen molar-refractivity contribution in [3.63, 3.8) is 0 Å². The Morgan fingerprint density at radius 2 is 2.15 bits per heavy atom. The standard InChI is InChI=1S/C15H23N3O2/c1-15(2,3)13-8-10(6-7-18(13)14(19)20)12-5-4-11(16)9-17-12/h4-5,9-10,13H,6-8,16H2,1-3H3,(H,19,20). The molecule has 0 aliphatic carbocycles. The minimum absolute atomic E-state index is 0.0121. The fourth-order valence-electron chi connectivity index (χ4n) is 2.94. The molecule has 20 heavy (non-hydrogen) atoms. The van der Waals surface area contributed by atoms with E-state index in [1.165, 1.54) is 0 Å². The zero-order chi connectivity index (χ0) is 14.9. The van der Waals surface area contributed by atoms with Gasteiger partial charge in [0.15, 0.2) is 0 Å². The van der Waals surface area contributed by atoms with Gasteiger partial charge in [0.05, 0.1) is 11.9 Å². The molecular weight excluding hydrogens is 254 g/mol. The minimum Gasteiger partial charge on any atom is -0.465 e. The first-order valence-corrected chi connectivity index (χ1v) is 7.00. The van der Waals surface area contributed by atoms with E-state index in [0.717, 1.165) is 18.5 Å². The number of hydrogen-bond acceptors (Lipinski definition) is 3. The van der Waals surface area contributed by atoms with Crippen molar-refractivity contribution >= 4 is 11.8 Å². The Labute approximate surface area is 119 Å². The molecule has 3 N–H and O–H groups in total. The smallest absolute Gasteiger partial charge is 0.407 e. The van der Waals surface area contributed by atoms with Crippen LogP contribution in [0, 0.1) is 5.41 Å². The molecule has 0 bridgehead atoms. The average Bonchev–Trinajstić information content (AvgIpc) is 2.38. The molecule has 1 aromatic rings. The van der Waals surface area contributed by atoms with Crippen molar-refractivity contribution in [1.29, 1.82) is 0 Å². The minimum atomic E-state index is -0.825. The van der Waals surface area contributed by atoms with Gasteiger partial charge in [0.25, 0.3) is 0 Å². The molecule has 2 unspecified atom stereocenters. The first kappa shape index (κ1) is 14.6. The fourth-order valence-corrected chi connectivity index (χ4v) is 2.94. The second-order valence-corrected chi connectivity index (χ2v) is 6.60. The van der Waals surface area contributed by atoms with E-state index in [4.69, 9.17) is 5.73 Å². The van der Waals surface area contributed by atoms with E-state index in [-0.39, 0.29) is 11.5 Å². The summed E-state index contributed by atoms with van der Waals surface area (Å²) in [6.45, 7) is 6.83. The summed E-state index contributed by atoms with van der Waals surface area (Å²) in [5.74, 6) is 0.301. The Hall–Kier alpha value is -1.78. The summed E-state index contributed by atoms with van der Waals surface area (Å²) in [5.41, 5.74) is 7.26. The molecule has 5 nitrogen and oxygen atoms in total. The second-order valence-electron chi connectivity index (χ2n) is 6.60. The molecule has 1 amide bonds. The lowest BCUT2D eigenvalue weighted by atomic mass is 9.76. The molecule has 110 valence electrons. The average molecular weight is 277 g/mol. The van der Waals surface area contributed by atoms with Gasteiger partial charge in [-0.05, 0) is 30.4 Å². The molecule has 1 aromatic heterocycles. The number of carbonyl (C=O) groups is 1. The highest BCUT2D eigenvalue weighted by atomic mass is 16.4. The molecule has 1 aliphatic rings. The molecule has 1 fully saturated rings. The Morgan fingerprint density at radius 1 is 1.45 bits per heavy atom. The highest BCUT2D eigenvalue weighted by molar-refractivity contribution is 5.65. The summed E-state index contributed by atoms with van der Waals surface area (Å²) in [6, 6.07) is 3.83. The predicted octanol–water partition coefficient (Wildman–Crippen LogP) is 2.94. The van der Waals surface area contributed by atoms with Crippen LogP contribution >= 0.6 is 0 Å². The van der Waals surface area contributed by atoms with E-state index in [9.17, 15) is 9.90 Å². The molecule has 0 saturated carbocycles. The zero-order valence-electron chi connectivity index (χ0n) is 12.3. The molecular formula is C15H23N3O2. The molecule has 0 radical (unpaired) electrons. The van der Waals surface area contributed by atoms with Crippen molar-refractivity contribution in [2.75, 3.05) is 12.3 Å².